The Morgan fingerprint density at radius 3 is 2.86 bits per heavy atom. The van der Waals surface area contributed by atoms with Crippen LogP contribution in [-0.4, -0.2) is 12.6 Å². The van der Waals surface area contributed by atoms with Crippen molar-refractivity contribution in [3.8, 4) is 0 Å². The Morgan fingerprint density at radius 2 is 2.29 bits per heavy atom. The van der Waals surface area contributed by atoms with Gasteiger partial charge in [-0.05, 0) is 19.1 Å². The number of esters is 1. The molecule has 1 aromatic heterocycles. The zero-order valence-corrected chi connectivity index (χ0v) is 8.50. The van der Waals surface area contributed by atoms with Gasteiger partial charge in [-0.15, -0.1) is 12.4 Å². The van der Waals surface area contributed by atoms with Crippen molar-refractivity contribution in [2.24, 2.45) is 5.90 Å². The summed E-state index contributed by atoms with van der Waals surface area (Å²) in [7, 11) is 0. The maximum Gasteiger partial charge on any atom is 0.374 e. The molecule has 0 saturated heterocycles. The van der Waals surface area contributed by atoms with E-state index < -0.39 is 5.97 Å². The minimum atomic E-state index is -0.481. The molecule has 2 N–H and O–H groups in total. The van der Waals surface area contributed by atoms with Crippen LogP contribution in [0.4, 0.5) is 0 Å². The van der Waals surface area contributed by atoms with Crippen LogP contribution in [-0.2, 0) is 16.2 Å². The van der Waals surface area contributed by atoms with Crippen LogP contribution < -0.4 is 5.90 Å². The molecular formula is C8H12ClNO4. The Hall–Kier alpha value is -1.04. The Bertz CT molecular complexity index is 287. The summed E-state index contributed by atoms with van der Waals surface area (Å²) in [5.74, 6) is 5.00. The maximum atomic E-state index is 11.1. The predicted octanol–water partition coefficient (Wildman–Crippen LogP) is 1.27. The van der Waals surface area contributed by atoms with Gasteiger partial charge in [0, 0.05) is 0 Å². The molecule has 0 spiro atoms. The summed E-state index contributed by atoms with van der Waals surface area (Å²) in [4.78, 5) is 15.4. The van der Waals surface area contributed by atoms with E-state index in [0.717, 1.165) is 0 Å². The molecule has 80 valence electrons. The lowest BCUT2D eigenvalue weighted by molar-refractivity contribution is 0.0478. The molecule has 0 amide bonds. The Kier molecular flexibility index (Phi) is 5.94. The van der Waals surface area contributed by atoms with Gasteiger partial charge in [-0.2, -0.15) is 0 Å². The fraction of sp³-hybridized carbons (Fsp3) is 0.375. The zero-order chi connectivity index (χ0) is 9.68. The SMILES string of the molecule is CCOC(=O)c1ccc(CON)o1.Cl. The first-order chi connectivity index (χ1) is 6.27. The number of halogens is 1. The van der Waals surface area contributed by atoms with Crippen LogP contribution in [0.3, 0.4) is 0 Å². The van der Waals surface area contributed by atoms with Gasteiger partial charge in [-0.1, -0.05) is 0 Å². The summed E-state index contributed by atoms with van der Waals surface area (Å²) < 4.78 is 9.77. The number of ether oxygens (including phenoxy) is 1. The summed E-state index contributed by atoms with van der Waals surface area (Å²) in [6.45, 7) is 2.19. The third-order valence-electron chi connectivity index (χ3n) is 1.36. The van der Waals surface area contributed by atoms with Crippen molar-refractivity contribution in [3.05, 3.63) is 23.7 Å². The molecule has 0 aromatic carbocycles. The molecule has 1 heterocycles. The average molecular weight is 222 g/mol. The van der Waals surface area contributed by atoms with Crippen LogP contribution in [0.15, 0.2) is 16.5 Å². The molecule has 0 radical (unpaired) electrons. The molecule has 0 aliphatic carbocycles. The van der Waals surface area contributed by atoms with Crippen molar-refractivity contribution in [2.75, 3.05) is 6.61 Å². The van der Waals surface area contributed by atoms with Crippen molar-refractivity contribution in [1.29, 1.82) is 0 Å². The number of rotatable bonds is 4. The van der Waals surface area contributed by atoms with E-state index in [2.05, 4.69) is 4.84 Å². The molecular weight excluding hydrogens is 210 g/mol. The van der Waals surface area contributed by atoms with Gasteiger partial charge >= 0.3 is 5.97 Å². The minimum absolute atomic E-state index is 0. The van der Waals surface area contributed by atoms with E-state index in [9.17, 15) is 4.79 Å². The number of nitrogens with two attached hydrogens (primary N) is 1. The smallest absolute Gasteiger partial charge is 0.374 e. The van der Waals surface area contributed by atoms with Gasteiger partial charge in [0.2, 0.25) is 5.76 Å². The largest absolute Gasteiger partial charge is 0.460 e. The van der Waals surface area contributed by atoms with Gasteiger partial charge in [-0.25, -0.2) is 10.7 Å². The van der Waals surface area contributed by atoms with E-state index in [0.29, 0.717) is 12.4 Å². The molecule has 5 nitrogen and oxygen atoms in total. The second-order valence-electron chi connectivity index (χ2n) is 2.30. The third-order valence-corrected chi connectivity index (χ3v) is 1.36. The molecule has 0 saturated carbocycles. The highest BCUT2D eigenvalue weighted by atomic mass is 35.5. The second-order valence-corrected chi connectivity index (χ2v) is 2.30. The van der Waals surface area contributed by atoms with E-state index >= 15 is 0 Å². The number of furan rings is 1. The standard InChI is InChI=1S/C8H11NO4.ClH/c1-2-11-8(10)7-4-3-6(13-7)5-12-9;/h3-4H,2,5,9H2,1H3;1H. The van der Waals surface area contributed by atoms with E-state index in [-0.39, 0.29) is 24.8 Å². The molecule has 0 atom stereocenters. The van der Waals surface area contributed by atoms with Crippen molar-refractivity contribution >= 4 is 18.4 Å². The van der Waals surface area contributed by atoms with Gasteiger partial charge in [0.05, 0.1) is 6.61 Å². The molecule has 14 heavy (non-hydrogen) atoms. The molecule has 1 rings (SSSR count). The van der Waals surface area contributed by atoms with Crippen LogP contribution in [0.1, 0.15) is 23.2 Å². The topological polar surface area (TPSA) is 74.7 Å². The lowest BCUT2D eigenvalue weighted by Gasteiger charge is -1.96. The lowest BCUT2D eigenvalue weighted by Crippen LogP contribution is -2.03. The first kappa shape index (κ1) is 13.0. The first-order valence-corrected chi connectivity index (χ1v) is 3.85. The molecule has 0 aliphatic heterocycles. The normalized spacial score (nSPS) is 9.29. The lowest BCUT2D eigenvalue weighted by atomic mass is 10.4. The highest BCUT2D eigenvalue weighted by Gasteiger charge is 2.11. The molecule has 0 bridgehead atoms. The van der Waals surface area contributed by atoms with Gasteiger partial charge in [0.1, 0.15) is 12.4 Å². The van der Waals surface area contributed by atoms with Gasteiger partial charge in [-0.3, -0.25) is 4.84 Å². The van der Waals surface area contributed by atoms with Crippen LogP contribution >= 0.6 is 12.4 Å². The second kappa shape index (κ2) is 6.42. The van der Waals surface area contributed by atoms with Gasteiger partial charge in [0.25, 0.3) is 0 Å². The highest BCUT2D eigenvalue weighted by molar-refractivity contribution is 5.86. The minimum Gasteiger partial charge on any atom is -0.460 e. The molecule has 0 unspecified atom stereocenters. The number of carbonyl (C=O) groups is 1. The monoisotopic (exact) mass is 221 g/mol. The number of carbonyl (C=O) groups excluding carboxylic acids is 1. The number of hydrogen-bond acceptors (Lipinski definition) is 5. The average Bonchev–Trinajstić information content (AvgIpc) is 2.54. The van der Waals surface area contributed by atoms with Crippen molar-refractivity contribution in [3.63, 3.8) is 0 Å². The third kappa shape index (κ3) is 3.37. The molecule has 0 aliphatic rings. The quantitative estimate of drug-likeness (QED) is 0.612. The summed E-state index contributed by atoms with van der Waals surface area (Å²) in [6, 6.07) is 3.13. The summed E-state index contributed by atoms with van der Waals surface area (Å²) in [5.41, 5.74) is 0. The Morgan fingerprint density at radius 1 is 1.57 bits per heavy atom. The fourth-order valence-electron chi connectivity index (χ4n) is 0.850. The fourth-order valence-corrected chi connectivity index (χ4v) is 0.850. The van der Waals surface area contributed by atoms with Crippen LogP contribution in [0.2, 0.25) is 0 Å². The first-order valence-electron chi connectivity index (χ1n) is 3.85. The molecule has 0 fully saturated rings. The van der Waals surface area contributed by atoms with E-state index in [1.807, 2.05) is 0 Å². The van der Waals surface area contributed by atoms with Crippen LogP contribution in [0, 0.1) is 0 Å². The van der Waals surface area contributed by atoms with Crippen molar-refractivity contribution in [1.82, 2.24) is 0 Å². The molecule has 6 heteroatoms. The van der Waals surface area contributed by atoms with E-state index in [1.54, 1.807) is 13.0 Å². The number of hydrogen-bond donors (Lipinski definition) is 1. The molecule has 1 aromatic rings. The summed E-state index contributed by atoms with van der Waals surface area (Å²) in [5, 5.41) is 0. The zero-order valence-electron chi connectivity index (χ0n) is 7.69. The Balaban J connectivity index is 0.00000169. The predicted molar refractivity (Wildman–Crippen MR) is 50.9 cm³/mol. The summed E-state index contributed by atoms with van der Waals surface area (Å²) in [6.07, 6.45) is 0. The Labute approximate surface area is 87.5 Å². The van der Waals surface area contributed by atoms with Crippen LogP contribution in [0.5, 0.6) is 0 Å². The van der Waals surface area contributed by atoms with Crippen LogP contribution in [0.25, 0.3) is 0 Å². The van der Waals surface area contributed by atoms with Crippen molar-refractivity contribution < 1.29 is 18.8 Å². The van der Waals surface area contributed by atoms with Gasteiger partial charge in [0.15, 0.2) is 0 Å². The van der Waals surface area contributed by atoms with E-state index in [1.165, 1.54) is 6.07 Å². The maximum absolute atomic E-state index is 11.1. The van der Waals surface area contributed by atoms with Crippen molar-refractivity contribution in [2.45, 2.75) is 13.5 Å². The summed E-state index contributed by atoms with van der Waals surface area (Å²) >= 11 is 0. The van der Waals surface area contributed by atoms with E-state index in [4.69, 9.17) is 15.1 Å². The highest BCUT2D eigenvalue weighted by Crippen LogP contribution is 2.09. The van der Waals surface area contributed by atoms with Gasteiger partial charge < -0.3 is 9.15 Å².